The Labute approximate surface area is 119 Å². The fourth-order valence-corrected chi connectivity index (χ4v) is 2.94. The number of nitrogens with zero attached hydrogens (tertiary/aromatic N) is 1. The lowest BCUT2D eigenvalue weighted by Crippen LogP contribution is -2.33. The van der Waals surface area contributed by atoms with Crippen molar-refractivity contribution in [3.63, 3.8) is 0 Å². The fraction of sp³-hybridized carbons (Fsp3) is 0.273. The van der Waals surface area contributed by atoms with Gasteiger partial charge < -0.3 is 9.84 Å². The maximum atomic E-state index is 11.6. The molecule has 7 nitrogen and oxygen atoms in total. The van der Waals surface area contributed by atoms with Crippen LogP contribution >= 0.6 is 10.7 Å². The highest BCUT2D eigenvalue weighted by Gasteiger charge is 2.39. The van der Waals surface area contributed by atoms with Gasteiger partial charge in [-0.3, -0.25) is 4.90 Å². The molecule has 108 valence electrons. The van der Waals surface area contributed by atoms with E-state index >= 15 is 0 Å². The summed E-state index contributed by atoms with van der Waals surface area (Å²) in [6.07, 6.45) is -0.802. The molecule has 20 heavy (non-hydrogen) atoms. The van der Waals surface area contributed by atoms with E-state index in [2.05, 4.69) is 4.74 Å². The molecule has 0 radical (unpaired) electrons. The summed E-state index contributed by atoms with van der Waals surface area (Å²) in [4.78, 5) is 23.7. The van der Waals surface area contributed by atoms with Crippen LogP contribution in [0.3, 0.4) is 0 Å². The fourth-order valence-electron chi connectivity index (χ4n) is 2.13. The molecule has 0 saturated heterocycles. The number of benzene rings is 1. The third-order valence-electron chi connectivity index (χ3n) is 2.99. The first-order chi connectivity index (χ1) is 9.25. The first-order valence-corrected chi connectivity index (χ1v) is 7.71. The number of hydrogen-bond acceptors (Lipinski definition) is 5. The zero-order valence-electron chi connectivity index (χ0n) is 10.2. The summed E-state index contributed by atoms with van der Waals surface area (Å²) in [5.74, 6) is -1.23. The van der Waals surface area contributed by atoms with E-state index in [4.69, 9.17) is 10.7 Å². The highest BCUT2D eigenvalue weighted by Crippen LogP contribution is 2.36. The number of carbonyl (C=O) groups is 2. The van der Waals surface area contributed by atoms with E-state index in [-0.39, 0.29) is 11.4 Å². The maximum absolute atomic E-state index is 11.6. The zero-order valence-corrected chi connectivity index (χ0v) is 11.8. The minimum Gasteiger partial charge on any atom is -0.479 e. The Balaban J connectivity index is 2.51. The Hall–Kier alpha value is -1.80. The standard InChI is InChI=1S/C11H10ClNO6S/c1-19-11(16)13-5-6-4-7(20(12,17)18)2-3-8(6)9(13)10(14)15/h2-4,9H,5H2,1H3,(H,14,15). The Kier molecular flexibility index (Phi) is 3.61. The zero-order chi connectivity index (χ0) is 15.1. The number of rotatable bonds is 2. The van der Waals surface area contributed by atoms with Crippen molar-refractivity contribution in [3.8, 4) is 0 Å². The van der Waals surface area contributed by atoms with Gasteiger partial charge in [-0.05, 0) is 23.3 Å². The summed E-state index contributed by atoms with van der Waals surface area (Å²) in [5.41, 5.74) is 0.747. The summed E-state index contributed by atoms with van der Waals surface area (Å²) in [6.45, 7) is -0.0563. The van der Waals surface area contributed by atoms with E-state index in [0.717, 1.165) is 12.0 Å². The molecule has 1 N–H and O–H groups in total. The average Bonchev–Trinajstić information content (AvgIpc) is 2.74. The number of halogens is 1. The Morgan fingerprint density at radius 1 is 1.45 bits per heavy atom. The van der Waals surface area contributed by atoms with Crippen molar-refractivity contribution >= 4 is 31.8 Å². The molecule has 1 atom stereocenters. The van der Waals surface area contributed by atoms with Gasteiger partial charge in [0.25, 0.3) is 9.05 Å². The Bertz CT molecular complexity index is 686. The maximum Gasteiger partial charge on any atom is 0.410 e. The van der Waals surface area contributed by atoms with E-state index in [9.17, 15) is 23.1 Å². The van der Waals surface area contributed by atoms with Gasteiger partial charge in [0, 0.05) is 10.7 Å². The molecule has 9 heteroatoms. The summed E-state index contributed by atoms with van der Waals surface area (Å²) < 4.78 is 27.0. The third-order valence-corrected chi connectivity index (χ3v) is 4.34. The van der Waals surface area contributed by atoms with Gasteiger partial charge in [0.15, 0.2) is 6.04 Å². The smallest absolute Gasteiger partial charge is 0.410 e. The van der Waals surface area contributed by atoms with Crippen LogP contribution < -0.4 is 0 Å². The van der Waals surface area contributed by atoms with Gasteiger partial charge in [-0.25, -0.2) is 18.0 Å². The Morgan fingerprint density at radius 3 is 2.60 bits per heavy atom. The van der Waals surface area contributed by atoms with E-state index in [0.29, 0.717) is 11.1 Å². The lowest BCUT2D eigenvalue weighted by molar-refractivity contribution is -0.142. The lowest BCUT2D eigenvalue weighted by Gasteiger charge is -2.19. The predicted octanol–water partition coefficient (Wildman–Crippen LogP) is 1.32. The lowest BCUT2D eigenvalue weighted by atomic mass is 10.1. The SMILES string of the molecule is COC(=O)N1Cc2cc(S(=O)(=O)Cl)ccc2C1C(=O)O. The van der Waals surface area contributed by atoms with Crippen LogP contribution in [-0.2, 0) is 25.1 Å². The van der Waals surface area contributed by atoms with Gasteiger partial charge in [-0.15, -0.1) is 0 Å². The molecule has 1 aliphatic heterocycles. The number of aliphatic carboxylic acids is 1. The number of carbonyl (C=O) groups excluding carboxylic acids is 1. The second kappa shape index (κ2) is 4.95. The average molecular weight is 320 g/mol. The van der Waals surface area contributed by atoms with Crippen molar-refractivity contribution in [2.24, 2.45) is 0 Å². The van der Waals surface area contributed by atoms with Crippen LogP contribution in [-0.4, -0.2) is 37.6 Å². The van der Waals surface area contributed by atoms with Crippen LogP contribution in [0.15, 0.2) is 23.1 Å². The van der Waals surface area contributed by atoms with Crippen molar-refractivity contribution in [2.75, 3.05) is 7.11 Å². The molecule has 1 aliphatic rings. The monoisotopic (exact) mass is 319 g/mol. The number of ether oxygens (including phenoxy) is 1. The molecule has 0 bridgehead atoms. The molecule has 0 aliphatic carbocycles. The molecule has 1 amide bonds. The van der Waals surface area contributed by atoms with Gasteiger partial charge in [0.2, 0.25) is 0 Å². The van der Waals surface area contributed by atoms with E-state index in [1.807, 2.05) is 0 Å². The van der Waals surface area contributed by atoms with E-state index in [1.54, 1.807) is 0 Å². The van der Waals surface area contributed by atoms with Crippen LogP contribution in [0.1, 0.15) is 17.2 Å². The molecule has 1 aromatic rings. The second-order valence-corrected chi connectivity index (χ2v) is 6.70. The summed E-state index contributed by atoms with van der Waals surface area (Å²) in [5, 5.41) is 9.21. The first-order valence-electron chi connectivity index (χ1n) is 5.40. The highest BCUT2D eigenvalue weighted by atomic mass is 35.7. The highest BCUT2D eigenvalue weighted by molar-refractivity contribution is 8.13. The van der Waals surface area contributed by atoms with Gasteiger partial charge in [-0.1, -0.05) is 6.07 Å². The molecule has 0 fully saturated rings. The summed E-state index contributed by atoms with van der Waals surface area (Å²) in [7, 11) is 2.46. The first kappa shape index (κ1) is 14.6. The van der Waals surface area contributed by atoms with E-state index in [1.165, 1.54) is 18.2 Å². The molecule has 1 heterocycles. The molecule has 0 spiro atoms. The molecular formula is C11H10ClNO6S. The van der Waals surface area contributed by atoms with Crippen LogP contribution in [0, 0.1) is 0 Å². The normalized spacial score (nSPS) is 17.7. The molecule has 1 aromatic carbocycles. The number of amides is 1. The van der Waals surface area contributed by atoms with Crippen LogP contribution in [0.4, 0.5) is 4.79 Å². The van der Waals surface area contributed by atoms with Gasteiger partial charge in [0.05, 0.1) is 18.6 Å². The number of hydrogen-bond donors (Lipinski definition) is 1. The molecule has 0 aromatic heterocycles. The second-order valence-electron chi connectivity index (χ2n) is 4.14. The van der Waals surface area contributed by atoms with Crippen molar-refractivity contribution in [2.45, 2.75) is 17.5 Å². The van der Waals surface area contributed by atoms with Crippen molar-refractivity contribution in [1.29, 1.82) is 0 Å². The number of carboxylic acids is 1. The van der Waals surface area contributed by atoms with Gasteiger partial charge in [-0.2, -0.15) is 0 Å². The van der Waals surface area contributed by atoms with Crippen LogP contribution in [0.2, 0.25) is 0 Å². The van der Waals surface area contributed by atoms with Crippen LogP contribution in [0.5, 0.6) is 0 Å². The topological polar surface area (TPSA) is 101 Å². The summed E-state index contributed by atoms with van der Waals surface area (Å²) in [6, 6.07) is 2.60. The molecule has 0 saturated carbocycles. The minimum atomic E-state index is -3.92. The van der Waals surface area contributed by atoms with Crippen LogP contribution in [0.25, 0.3) is 0 Å². The van der Waals surface area contributed by atoms with Gasteiger partial charge in [0.1, 0.15) is 0 Å². The number of carboxylic acid groups (broad SMARTS) is 1. The van der Waals surface area contributed by atoms with E-state index < -0.39 is 27.2 Å². The Morgan fingerprint density at radius 2 is 2.10 bits per heavy atom. The quantitative estimate of drug-likeness (QED) is 0.825. The molecule has 1 unspecified atom stereocenters. The molecule has 2 rings (SSSR count). The largest absolute Gasteiger partial charge is 0.479 e. The predicted molar refractivity (Wildman–Crippen MR) is 67.8 cm³/mol. The summed E-state index contributed by atoms with van der Waals surface area (Å²) >= 11 is 0. The van der Waals surface area contributed by atoms with Gasteiger partial charge >= 0.3 is 12.1 Å². The molecular weight excluding hydrogens is 310 g/mol. The number of fused-ring (bicyclic) bond motifs is 1. The van der Waals surface area contributed by atoms with Crippen molar-refractivity contribution < 1.29 is 27.9 Å². The third kappa shape index (κ3) is 2.44. The van der Waals surface area contributed by atoms with Crippen molar-refractivity contribution in [3.05, 3.63) is 29.3 Å². The number of methoxy groups -OCH3 is 1. The minimum absolute atomic E-state index is 0.0563. The van der Waals surface area contributed by atoms with Crippen molar-refractivity contribution in [1.82, 2.24) is 4.90 Å².